The van der Waals surface area contributed by atoms with Crippen LogP contribution in [0.1, 0.15) is 11.3 Å². The molecule has 0 saturated carbocycles. The monoisotopic (exact) mass is 447 g/mol. The van der Waals surface area contributed by atoms with Crippen LogP contribution in [-0.2, 0) is 10.5 Å². The Hall–Kier alpha value is -3.03. The number of aromatic nitrogens is 2. The maximum absolute atomic E-state index is 12.5. The molecule has 1 N–H and O–H groups in total. The first-order valence-corrected chi connectivity index (χ1v) is 11.7. The Labute approximate surface area is 188 Å². The van der Waals surface area contributed by atoms with Gasteiger partial charge in [-0.05, 0) is 42.8 Å². The molecule has 0 unspecified atom stereocenters. The molecule has 156 valence electrons. The molecule has 0 aliphatic heterocycles. The molecule has 0 radical (unpaired) electrons. The number of pyridine rings is 1. The van der Waals surface area contributed by atoms with Crippen molar-refractivity contribution in [1.82, 2.24) is 9.38 Å². The SMILES string of the molecule is Cc1ccc2nc(CSCC(=O)Nc3ccccc3Sc3ccccc3)cc(=O)n2c1. The number of benzene rings is 2. The molecule has 0 aliphatic carbocycles. The van der Waals surface area contributed by atoms with Gasteiger partial charge >= 0.3 is 0 Å². The number of anilines is 1. The van der Waals surface area contributed by atoms with Crippen molar-refractivity contribution in [3.8, 4) is 0 Å². The minimum Gasteiger partial charge on any atom is -0.324 e. The number of carbonyl (C=O) groups is 1. The largest absolute Gasteiger partial charge is 0.324 e. The number of carbonyl (C=O) groups excluding carboxylic acids is 1. The molecule has 1 amide bonds. The number of hydrogen-bond donors (Lipinski definition) is 1. The molecule has 0 bridgehead atoms. The predicted octanol–water partition coefficient (Wildman–Crippen LogP) is 5.03. The Kier molecular flexibility index (Phi) is 6.74. The maximum Gasteiger partial charge on any atom is 0.258 e. The second-order valence-electron chi connectivity index (χ2n) is 6.97. The number of para-hydroxylation sites is 1. The van der Waals surface area contributed by atoms with Gasteiger partial charge in [-0.2, -0.15) is 0 Å². The fourth-order valence-electron chi connectivity index (χ4n) is 3.04. The topological polar surface area (TPSA) is 63.5 Å². The van der Waals surface area contributed by atoms with Crippen LogP contribution >= 0.6 is 23.5 Å². The summed E-state index contributed by atoms with van der Waals surface area (Å²) in [6.45, 7) is 1.94. The highest BCUT2D eigenvalue weighted by molar-refractivity contribution is 7.99. The number of hydrogen-bond acceptors (Lipinski definition) is 5. The van der Waals surface area contributed by atoms with Crippen molar-refractivity contribution < 1.29 is 4.79 Å². The standard InChI is InChI=1S/C24H21N3O2S2/c1-17-11-12-22-25-18(13-24(29)27(22)14-17)15-30-16-23(28)26-20-9-5-6-10-21(20)31-19-7-3-2-4-8-19/h2-14H,15-16H2,1H3,(H,26,28). The van der Waals surface area contributed by atoms with Crippen molar-refractivity contribution in [3.05, 3.63) is 101 Å². The second kappa shape index (κ2) is 9.85. The second-order valence-corrected chi connectivity index (χ2v) is 9.07. The molecule has 0 saturated heterocycles. The zero-order valence-corrected chi connectivity index (χ0v) is 18.6. The lowest BCUT2D eigenvalue weighted by atomic mass is 10.3. The van der Waals surface area contributed by atoms with Crippen molar-refractivity contribution in [2.24, 2.45) is 0 Å². The molecule has 4 rings (SSSR count). The Morgan fingerprint density at radius 1 is 1.03 bits per heavy atom. The summed E-state index contributed by atoms with van der Waals surface area (Å²) in [5.74, 6) is 0.687. The first kappa shape index (κ1) is 21.2. The van der Waals surface area contributed by atoms with Crippen LogP contribution in [0.5, 0.6) is 0 Å². The number of aryl methyl sites for hydroxylation is 1. The van der Waals surface area contributed by atoms with Crippen LogP contribution in [0, 0.1) is 6.92 Å². The van der Waals surface area contributed by atoms with Gasteiger partial charge in [0, 0.05) is 27.8 Å². The third-order valence-corrected chi connectivity index (χ3v) is 6.53. The van der Waals surface area contributed by atoms with Crippen LogP contribution in [0.25, 0.3) is 5.65 Å². The van der Waals surface area contributed by atoms with Crippen molar-refractivity contribution in [1.29, 1.82) is 0 Å². The summed E-state index contributed by atoms with van der Waals surface area (Å²) >= 11 is 3.05. The quantitative estimate of drug-likeness (QED) is 0.431. The zero-order chi connectivity index (χ0) is 21.6. The van der Waals surface area contributed by atoms with Crippen molar-refractivity contribution in [2.75, 3.05) is 11.1 Å². The molecular formula is C24H21N3O2S2. The van der Waals surface area contributed by atoms with Gasteiger partial charge in [-0.15, -0.1) is 11.8 Å². The Bertz CT molecular complexity index is 1270. The number of nitrogens with one attached hydrogen (secondary N) is 1. The van der Waals surface area contributed by atoms with Crippen LogP contribution in [-0.4, -0.2) is 21.0 Å². The van der Waals surface area contributed by atoms with Gasteiger partial charge in [0.25, 0.3) is 5.56 Å². The molecule has 31 heavy (non-hydrogen) atoms. The molecule has 0 fully saturated rings. The van der Waals surface area contributed by atoms with Crippen molar-refractivity contribution in [3.63, 3.8) is 0 Å². The van der Waals surface area contributed by atoms with Gasteiger partial charge in [0.1, 0.15) is 5.65 Å². The van der Waals surface area contributed by atoms with Gasteiger partial charge in [0.2, 0.25) is 5.91 Å². The first-order chi connectivity index (χ1) is 15.1. The lowest BCUT2D eigenvalue weighted by Crippen LogP contribution is -2.16. The molecule has 4 aromatic rings. The number of nitrogens with zero attached hydrogens (tertiary/aromatic N) is 2. The van der Waals surface area contributed by atoms with E-state index in [2.05, 4.69) is 10.3 Å². The third kappa shape index (κ3) is 5.57. The van der Waals surface area contributed by atoms with E-state index in [1.807, 2.05) is 73.7 Å². The van der Waals surface area contributed by atoms with Gasteiger partial charge in [0.05, 0.1) is 17.1 Å². The van der Waals surface area contributed by atoms with E-state index in [0.29, 0.717) is 17.1 Å². The number of fused-ring (bicyclic) bond motifs is 1. The lowest BCUT2D eigenvalue weighted by molar-refractivity contribution is -0.113. The Balaban J connectivity index is 1.37. The maximum atomic E-state index is 12.5. The van der Waals surface area contributed by atoms with E-state index >= 15 is 0 Å². The molecule has 0 spiro atoms. The fourth-order valence-corrected chi connectivity index (χ4v) is 4.68. The molecule has 2 heterocycles. The van der Waals surface area contributed by atoms with E-state index in [9.17, 15) is 9.59 Å². The average molecular weight is 448 g/mol. The van der Waals surface area contributed by atoms with Gasteiger partial charge < -0.3 is 5.32 Å². The van der Waals surface area contributed by atoms with E-state index in [0.717, 1.165) is 21.0 Å². The van der Waals surface area contributed by atoms with E-state index in [4.69, 9.17) is 0 Å². The zero-order valence-electron chi connectivity index (χ0n) is 16.9. The van der Waals surface area contributed by atoms with Crippen molar-refractivity contribution >= 4 is 40.8 Å². The minimum absolute atomic E-state index is 0.0840. The average Bonchev–Trinajstić information content (AvgIpc) is 2.76. The summed E-state index contributed by atoms with van der Waals surface area (Å²) in [5, 5.41) is 3.00. The highest BCUT2D eigenvalue weighted by atomic mass is 32.2. The van der Waals surface area contributed by atoms with E-state index in [-0.39, 0.29) is 17.2 Å². The van der Waals surface area contributed by atoms with Crippen LogP contribution in [0.3, 0.4) is 0 Å². The molecule has 2 aromatic carbocycles. The Morgan fingerprint density at radius 2 is 1.81 bits per heavy atom. The molecule has 0 aliphatic rings. The van der Waals surface area contributed by atoms with Crippen LogP contribution in [0.4, 0.5) is 5.69 Å². The molecule has 5 nitrogen and oxygen atoms in total. The molecular weight excluding hydrogens is 426 g/mol. The first-order valence-electron chi connectivity index (χ1n) is 9.77. The normalized spacial score (nSPS) is 10.9. The van der Waals surface area contributed by atoms with Gasteiger partial charge in [-0.25, -0.2) is 4.98 Å². The molecule has 2 aromatic heterocycles. The van der Waals surface area contributed by atoms with E-state index < -0.39 is 0 Å². The lowest BCUT2D eigenvalue weighted by Gasteiger charge is -2.11. The molecule has 7 heteroatoms. The van der Waals surface area contributed by atoms with Crippen LogP contribution in [0.2, 0.25) is 0 Å². The van der Waals surface area contributed by atoms with Crippen LogP contribution in [0.15, 0.2) is 93.6 Å². The Morgan fingerprint density at radius 3 is 2.65 bits per heavy atom. The van der Waals surface area contributed by atoms with Gasteiger partial charge in [-0.1, -0.05) is 48.2 Å². The minimum atomic E-state index is -0.111. The third-order valence-electron chi connectivity index (χ3n) is 4.48. The summed E-state index contributed by atoms with van der Waals surface area (Å²) in [6, 6.07) is 23.1. The van der Waals surface area contributed by atoms with Crippen LogP contribution < -0.4 is 10.9 Å². The fraction of sp³-hybridized carbons (Fsp3) is 0.125. The number of rotatable bonds is 7. The van der Waals surface area contributed by atoms with E-state index in [1.165, 1.54) is 22.2 Å². The summed E-state index contributed by atoms with van der Waals surface area (Å²) in [6.07, 6.45) is 1.78. The predicted molar refractivity (Wildman–Crippen MR) is 128 cm³/mol. The molecule has 0 atom stereocenters. The van der Waals surface area contributed by atoms with E-state index in [1.54, 1.807) is 18.0 Å². The van der Waals surface area contributed by atoms with Crippen molar-refractivity contribution in [2.45, 2.75) is 22.5 Å². The summed E-state index contributed by atoms with van der Waals surface area (Å²) < 4.78 is 1.54. The highest BCUT2D eigenvalue weighted by Gasteiger charge is 2.09. The van der Waals surface area contributed by atoms with Gasteiger partial charge in [-0.3, -0.25) is 14.0 Å². The summed E-state index contributed by atoms with van der Waals surface area (Å²) in [4.78, 5) is 31.4. The number of thioether (sulfide) groups is 1. The number of amides is 1. The summed E-state index contributed by atoms with van der Waals surface area (Å²) in [7, 11) is 0. The summed E-state index contributed by atoms with van der Waals surface area (Å²) in [5.41, 5.74) is 2.97. The van der Waals surface area contributed by atoms with Gasteiger partial charge in [0.15, 0.2) is 0 Å². The smallest absolute Gasteiger partial charge is 0.258 e. The highest BCUT2D eigenvalue weighted by Crippen LogP contribution is 2.33.